The molecule has 92 valence electrons. The molecule has 0 radical (unpaired) electrons. The van der Waals surface area contributed by atoms with Crippen molar-refractivity contribution in [1.29, 1.82) is 0 Å². The van der Waals surface area contributed by atoms with Crippen LogP contribution < -0.4 is 0 Å². The summed E-state index contributed by atoms with van der Waals surface area (Å²) in [7, 11) is 0. The summed E-state index contributed by atoms with van der Waals surface area (Å²) in [5, 5.41) is 2.51. The Morgan fingerprint density at radius 1 is 1.28 bits per heavy atom. The lowest BCUT2D eigenvalue weighted by Crippen LogP contribution is -2.10. The molecule has 0 fully saturated rings. The molecule has 1 aliphatic carbocycles. The van der Waals surface area contributed by atoms with Gasteiger partial charge in [0.1, 0.15) is 6.10 Å². The molecule has 18 heavy (non-hydrogen) atoms. The van der Waals surface area contributed by atoms with E-state index < -0.39 is 0 Å². The van der Waals surface area contributed by atoms with E-state index in [1.54, 1.807) is 0 Å². The van der Waals surface area contributed by atoms with Crippen LogP contribution in [-0.4, -0.2) is 5.97 Å². The highest BCUT2D eigenvalue weighted by Crippen LogP contribution is 2.38. The van der Waals surface area contributed by atoms with Gasteiger partial charge in [0.25, 0.3) is 0 Å². The maximum Gasteiger partial charge on any atom is 0.306 e. The maximum atomic E-state index is 11.6. The lowest BCUT2D eigenvalue weighted by Gasteiger charge is -2.13. The first-order valence-corrected chi connectivity index (χ1v) is 6.49. The van der Waals surface area contributed by atoms with Crippen molar-refractivity contribution in [2.24, 2.45) is 0 Å². The second-order valence-corrected chi connectivity index (χ2v) is 4.80. The number of ether oxygens (including phenoxy) is 1. The molecule has 0 bridgehead atoms. The second kappa shape index (κ2) is 4.45. The monoisotopic (exact) mass is 240 g/mol. The first kappa shape index (κ1) is 11.3. The van der Waals surface area contributed by atoms with Crippen LogP contribution in [0.4, 0.5) is 0 Å². The van der Waals surface area contributed by atoms with E-state index in [0.29, 0.717) is 6.42 Å². The Bertz CT molecular complexity index is 596. The normalized spacial score (nSPS) is 17.1. The first-order valence-electron chi connectivity index (χ1n) is 6.49. The van der Waals surface area contributed by atoms with Gasteiger partial charge in [-0.15, -0.1) is 0 Å². The average molecular weight is 240 g/mol. The van der Waals surface area contributed by atoms with Crippen molar-refractivity contribution in [1.82, 2.24) is 0 Å². The van der Waals surface area contributed by atoms with Gasteiger partial charge in [-0.3, -0.25) is 4.79 Å². The molecule has 2 heteroatoms. The minimum atomic E-state index is -0.0925. The Morgan fingerprint density at radius 3 is 2.83 bits per heavy atom. The smallest absolute Gasteiger partial charge is 0.306 e. The number of benzene rings is 2. The zero-order valence-electron chi connectivity index (χ0n) is 10.5. The van der Waals surface area contributed by atoms with E-state index >= 15 is 0 Å². The molecule has 2 aromatic carbocycles. The summed E-state index contributed by atoms with van der Waals surface area (Å²) in [6.07, 6.45) is 2.06. The third kappa shape index (κ3) is 1.78. The van der Waals surface area contributed by atoms with E-state index in [1.807, 2.05) is 13.0 Å². The van der Waals surface area contributed by atoms with Crippen LogP contribution in [0.25, 0.3) is 10.8 Å². The summed E-state index contributed by atoms with van der Waals surface area (Å²) in [5.74, 6) is -0.0905. The minimum absolute atomic E-state index is 0.0905. The van der Waals surface area contributed by atoms with Crippen molar-refractivity contribution in [3.05, 3.63) is 47.5 Å². The largest absolute Gasteiger partial charge is 0.457 e. The quantitative estimate of drug-likeness (QED) is 0.763. The summed E-state index contributed by atoms with van der Waals surface area (Å²) in [4.78, 5) is 11.6. The number of carbonyl (C=O) groups excluding carboxylic acids is 1. The topological polar surface area (TPSA) is 26.3 Å². The Hall–Kier alpha value is -1.83. The molecule has 0 aromatic heterocycles. The molecule has 1 unspecified atom stereocenters. The van der Waals surface area contributed by atoms with E-state index in [0.717, 1.165) is 18.4 Å². The van der Waals surface area contributed by atoms with Crippen molar-refractivity contribution in [2.75, 3.05) is 0 Å². The van der Waals surface area contributed by atoms with Crippen LogP contribution in [0.1, 0.15) is 37.0 Å². The lowest BCUT2D eigenvalue weighted by atomic mass is 10.1. The van der Waals surface area contributed by atoms with Crippen molar-refractivity contribution in [3.63, 3.8) is 0 Å². The Kier molecular flexibility index (Phi) is 2.78. The molecule has 0 saturated heterocycles. The molecule has 1 aliphatic rings. The van der Waals surface area contributed by atoms with Crippen LogP contribution in [0.2, 0.25) is 0 Å². The molecule has 0 N–H and O–H groups in total. The van der Waals surface area contributed by atoms with Crippen molar-refractivity contribution in [3.8, 4) is 0 Å². The van der Waals surface area contributed by atoms with E-state index in [-0.39, 0.29) is 12.1 Å². The van der Waals surface area contributed by atoms with Crippen LogP contribution in [0.3, 0.4) is 0 Å². The highest BCUT2D eigenvalue weighted by molar-refractivity contribution is 5.91. The Balaban J connectivity index is 1.96. The van der Waals surface area contributed by atoms with Crippen LogP contribution >= 0.6 is 0 Å². The molecule has 3 rings (SSSR count). The van der Waals surface area contributed by atoms with Gasteiger partial charge in [-0.2, -0.15) is 0 Å². The van der Waals surface area contributed by atoms with Gasteiger partial charge in [0.2, 0.25) is 0 Å². The fourth-order valence-electron chi connectivity index (χ4n) is 2.72. The van der Waals surface area contributed by atoms with Gasteiger partial charge < -0.3 is 4.74 Å². The highest BCUT2D eigenvalue weighted by atomic mass is 16.5. The number of rotatable bonds is 3. The van der Waals surface area contributed by atoms with Gasteiger partial charge >= 0.3 is 5.97 Å². The zero-order chi connectivity index (χ0) is 12.5. The van der Waals surface area contributed by atoms with Gasteiger partial charge in [-0.05, 0) is 22.8 Å². The van der Waals surface area contributed by atoms with E-state index in [4.69, 9.17) is 4.74 Å². The van der Waals surface area contributed by atoms with E-state index in [1.165, 1.54) is 16.3 Å². The fraction of sp³-hybridized carbons (Fsp3) is 0.312. The molecule has 0 amide bonds. The standard InChI is InChI=1S/C16H16O2/c1-2-5-15(17)18-14-10-12-8-3-6-11-7-4-9-13(14)16(11)12/h3-4,6-9,14H,2,5,10H2,1H3. The number of carbonyl (C=O) groups is 1. The van der Waals surface area contributed by atoms with Gasteiger partial charge in [0.05, 0.1) is 0 Å². The van der Waals surface area contributed by atoms with Crippen LogP contribution in [0.5, 0.6) is 0 Å². The van der Waals surface area contributed by atoms with Crippen LogP contribution in [-0.2, 0) is 16.0 Å². The predicted molar refractivity (Wildman–Crippen MR) is 71.4 cm³/mol. The Labute approximate surface area is 107 Å². The van der Waals surface area contributed by atoms with Gasteiger partial charge in [0.15, 0.2) is 0 Å². The predicted octanol–water partition coefficient (Wildman–Crippen LogP) is 3.78. The summed E-state index contributed by atoms with van der Waals surface area (Å²) in [6.45, 7) is 1.99. The van der Waals surface area contributed by atoms with Crippen LogP contribution in [0, 0.1) is 0 Å². The molecular weight excluding hydrogens is 224 g/mol. The molecule has 0 spiro atoms. The summed E-state index contributed by atoms with van der Waals surface area (Å²) < 4.78 is 5.59. The summed E-state index contributed by atoms with van der Waals surface area (Å²) >= 11 is 0. The van der Waals surface area contributed by atoms with Crippen molar-refractivity contribution < 1.29 is 9.53 Å². The number of hydrogen-bond donors (Lipinski definition) is 0. The van der Waals surface area contributed by atoms with Gasteiger partial charge in [-0.1, -0.05) is 43.3 Å². The molecule has 0 heterocycles. The average Bonchev–Trinajstić information content (AvgIpc) is 2.71. The van der Waals surface area contributed by atoms with Gasteiger partial charge in [0, 0.05) is 18.4 Å². The molecule has 1 atom stereocenters. The zero-order valence-corrected chi connectivity index (χ0v) is 10.5. The first-order chi connectivity index (χ1) is 8.79. The molecule has 2 nitrogen and oxygen atoms in total. The highest BCUT2D eigenvalue weighted by Gasteiger charge is 2.26. The third-order valence-electron chi connectivity index (χ3n) is 3.50. The van der Waals surface area contributed by atoms with Gasteiger partial charge in [-0.25, -0.2) is 0 Å². The van der Waals surface area contributed by atoms with Crippen LogP contribution in [0.15, 0.2) is 36.4 Å². The molecular formula is C16H16O2. The van der Waals surface area contributed by atoms with E-state index in [2.05, 4.69) is 30.3 Å². The number of hydrogen-bond acceptors (Lipinski definition) is 2. The van der Waals surface area contributed by atoms with Crippen molar-refractivity contribution >= 4 is 16.7 Å². The minimum Gasteiger partial charge on any atom is -0.457 e. The molecule has 0 aliphatic heterocycles. The lowest BCUT2D eigenvalue weighted by molar-refractivity contribution is -0.149. The second-order valence-electron chi connectivity index (χ2n) is 4.80. The third-order valence-corrected chi connectivity index (χ3v) is 3.50. The molecule has 2 aromatic rings. The number of esters is 1. The van der Waals surface area contributed by atoms with Crippen molar-refractivity contribution in [2.45, 2.75) is 32.3 Å². The molecule has 0 saturated carbocycles. The maximum absolute atomic E-state index is 11.6. The SMILES string of the molecule is CCCC(=O)OC1Cc2cccc3cccc1c23. The summed E-state index contributed by atoms with van der Waals surface area (Å²) in [6, 6.07) is 12.5. The fourth-order valence-corrected chi connectivity index (χ4v) is 2.72. The Morgan fingerprint density at radius 2 is 2.06 bits per heavy atom. The van der Waals surface area contributed by atoms with E-state index in [9.17, 15) is 4.79 Å². The summed E-state index contributed by atoms with van der Waals surface area (Å²) in [5.41, 5.74) is 2.45.